The van der Waals surface area contributed by atoms with Crippen molar-refractivity contribution in [2.75, 3.05) is 33.4 Å². The third-order valence-corrected chi connectivity index (χ3v) is 5.17. The number of amides is 1. The number of nitrogens with one attached hydrogen (secondary N) is 1. The van der Waals surface area contributed by atoms with E-state index in [0.717, 1.165) is 44.6 Å². The molecule has 2 fully saturated rings. The Morgan fingerprint density at radius 2 is 2.00 bits per heavy atom. The Balaban J connectivity index is 1.60. The summed E-state index contributed by atoms with van der Waals surface area (Å²) in [7, 11) is 1.66. The Morgan fingerprint density at radius 3 is 2.64 bits per heavy atom. The third-order valence-electron chi connectivity index (χ3n) is 5.17. The normalized spacial score (nSPS) is 24.6. The first kappa shape index (κ1) is 15.4. The van der Waals surface area contributed by atoms with Gasteiger partial charge in [-0.2, -0.15) is 0 Å². The number of likely N-dealkylation sites (tertiary alicyclic amines) is 1. The Bertz CT molecular complexity index is 524. The molecule has 1 unspecified atom stereocenters. The second kappa shape index (κ2) is 6.34. The standard InChI is InChI=1S/C17H23FN2O2/c1-22-11-15-16(21)19-12-17(15)6-8-20(9-7-17)10-13-2-4-14(18)5-3-13/h2-5,15H,6-12H2,1H3,(H,19,21). The first-order valence-corrected chi connectivity index (χ1v) is 7.86. The fourth-order valence-electron chi connectivity index (χ4n) is 3.74. The number of halogens is 1. The molecule has 0 aromatic heterocycles. The van der Waals surface area contributed by atoms with E-state index >= 15 is 0 Å². The van der Waals surface area contributed by atoms with Crippen LogP contribution in [0.5, 0.6) is 0 Å². The van der Waals surface area contributed by atoms with E-state index in [4.69, 9.17) is 4.74 Å². The lowest BCUT2D eigenvalue weighted by molar-refractivity contribution is -0.126. The number of piperidine rings is 1. The largest absolute Gasteiger partial charge is 0.384 e. The Hall–Kier alpha value is -1.46. The molecule has 2 saturated heterocycles. The Labute approximate surface area is 130 Å². The van der Waals surface area contributed by atoms with Crippen molar-refractivity contribution in [3.63, 3.8) is 0 Å². The molecule has 120 valence electrons. The summed E-state index contributed by atoms with van der Waals surface area (Å²) in [5.41, 5.74) is 1.18. The summed E-state index contributed by atoms with van der Waals surface area (Å²) < 4.78 is 18.2. The van der Waals surface area contributed by atoms with Crippen molar-refractivity contribution in [1.82, 2.24) is 10.2 Å². The number of hydrogen-bond acceptors (Lipinski definition) is 3. The van der Waals surface area contributed by atoms with Crippen LogP contribution in [0.4, 0.5) is 4.39 Å². The number of ether oxygens (including phenoxy) is 1. The van der Waals surface area contributed by atoms with E-state index in [2.05, 4.69) is 10.2 Å². The van der Waals surface area contributed by atoms with Gasteiger partial charge in [-0.1, -0.05) is 12.1 Å². The smallest absolute Gasteiger partial charge is 0.226 e. The van der Waals surface area contributed by atoms with Crippen LogP contribution in [0.3, 0.4) is 0 Å². The van der Waals surface area contributed by atoms with E-state index in [-0.39, 0.29) is 23.1 Å². The maximum absolute atomic E-state index is 13.0. The summed E-state index contributed by atoms with van der Waals surface area (Å²) in [4.78, 5) is 14.4. The first-order chi connectivity index (χ1) is 10.6. The van der Waals surface area contributed by atoms with Crippen LogP contribution in [0, 0.1) is 17.2 Å². The number of carbonyl (C=O) groups excluding carboxylic acids is 1. The van der Waals surface area contributed by atoms with Crippen LogP contribution in [0.2, 0.25) is 0 Å². The summed E-state index contributed by atoms with van der Waals surface area (Å²) in [5, 5.41) is 3.01. The van der Waals surface area contributed by atoms with E-state index in [1.165, 1.54) is 12.1 Å². The van der Waals surface area contributed by atoms with Gasteiger partial charge in [-0.3, -0.25) is 9.69 Å². The first-order valence-electron chi connectivity index (χ1n) is 7.86. The summed E-state index contributed by atoms with van der Waals surface area (Å²) >= 11 is 0. The second-order valence-corrected chi connectivity index (χ2v) is 6.49. The second-order valence-electron chi connectivity index (χ2n) is 6.49. The van der Waals surface area contributed by atoms with Gasteiger partial charge >= 0.3 is 0 Å². The molecule has 5 heteroatoms. The highest BCUT2D eigenvalue weighted by atomic mass is 19.1. The van der Waals surface area contributed by atoms with E-state index in [1.807, 2.05) is 12.1 Å². The molecule has 2 aliphatic heterocycles. The molecule has 1 aromatic rings. The van der Waals surface area contributed by atoms with Crippen molar-refractivity contribution in [1.29, 1.82) is 0 Å². The van der Waals surface area contributed by atoms with Crippen LogP contribution < -0.4 is 5.32 Å². The van der Waals surface area contributed by atoms with Crippen molar-refractivity contribution in [3.05, 3.63) is 35.6 Å². The van der Waals surface area contributed by atoms with Gasteiger partial charge < -0.3 is 10.1 Å². The molecule has 4 nitrogen and oxygen atoms in total. The molecule has 0 aliphatic carbocycles. The molecule has 1 aromatic carbocycles. The summed E-state index contributed by atoms with van der Waals surface area (Å²) in [5.74, 6) is -0.0846. The average molecular weight is 306 g/mol. The molecule has 1 amide bonds. The number of rotatable bonds is 4. The highest BCUT2D eigenvalue weighted by molar-refractivity contribution is 5.82. The predicted molar refractivity (Wildman–Crippen MR) is 81.7 cm³/mol. The lowest BCUT2D eigenvalue weighted by Crippen LogP contribution is -2.45. The van der Waals surface area contributed by atoms with E-state index in [1.54, 1.807) is 7.11 Å². The SMILES string of the molecule is COCC1C(=O)NCC12CCN(Cc1ccc(F)cc1)CC2. The van der Waals surface area contributed by atoms with Crippen molar-refractivity contribution >= 4 is 5.91 Å². The topological polar surface area (TPSA) is 41.6 Å². The van der Waals surface area contributed by atoms with Gasteiger partial charge in [0.2, 0.25) is 5.91 Å². The average Bonchev–Trinajstić information content (AvgIpc) is 2.82. The molecule has 22 heavy (non-hydrogen) atoms. The van der Waals surface area contributed by atoms with Gasteiger partial charge in [0.25, 0.3) is 0 Å². The van der Waals surface area contributed by atoms with E-state index < -0.39 is 0 Å². The van der Waals surface area contributed by atoms with Crippen molar-refractivity contribution < 1.29 is 13.9 Å². The van der Waals surface area contributed by atoms with Crippen LogP contribution in [-0.4, -0.2) is 44.2 Å². The molecule has 2 aliphatic rings. The Kier molecular flexibility index (Phi) is 4.45. The number of hydrogen-bond donors (Lipinski definition) is 1. The minimum Gasteiger partial charge on any atom is -0.384 e. The highest BCUT2D eigenvalue weighted by Gasteiger charge is 2.49. The zero-order valence-corrected chi connectivity index (χ0v) is 13.0. The zero-order valence-electron chi connectivity index (χ0n) is 13.0. The molecular weight excluding hydrogens is 283 g/mol. The van der Waals surface area contributed by atoms with E-state index in [9.17, 15) is 9.18 Å². The minimum absolute atomic E-state index is 0.0227. The molecule has 1 atom stereocenters. The van der Waals surface area contributed by atoms with Gasteiger partial charge in [-0.15, -0.1) is 0 Å². The van der Waals surface area contributed by atoms with Crippen molar-refractivity contribution in [2.45, 2.75) is 19.4 Å². The van der Waals surface area contributed by atoms with Gasteiger partial charge in [0.1, 0.15) is 5.82 Å². The summed E-state index contributed by atoms with van der Waals surface area (Å²) in [6.07, 6.45) is 2.00. The highest BCUT2D eigenvalue weighted by Crippen LogP contribution is 2.42. The maximum atomic E-state index is 13.0. The maximum Gasteiger partial charge on any atom is 0.226 e. The number of nitrogens with zero attached hydrogens (tertiary/aromatic N) is 1. The fraction of sp³-hybridized carbons (Fsp3) is 0.588. The fourth-order valence-corrected chi connectivity index (χ4v) is 3.74. The quantitative estimate of drug-likeness (QED) is 0.922. The van der Waals surface area contributed by atoms with Crippen LogP contribution in [0.25, 0.3) is 0 Å². The lowest BCUT2D eigenvalue weighted by atomic mass is 9.71. The molecule has 1 N–H and O–H groups in total. The zero-order chi connectivity index (χ0) is 15.6. The molecular formula is C17H23FN2O2. The van der Waals surface area contributed by atoms with Crippen molar-refractivity contribution in [3.8, 4) is 0 Å². The molecule has 2 heterocycles. The molecule has 1 spiro atoms. The summed E-state index contributed by atoms with van der Waals surface area (Å²) in [6, 6.07) is 6.70. The van der Waals surface area contributed by atoms with Crippen LogP contribution in [0.1, 0.15) is 18.4 Å². The summed E-state index contributed by atoms with van der Waals surface area (Å²) in [6.45, 7) is 4.04. The lowest BCUT2D eigenvalue weighted by Gasteiger charge is -2.41. The van der Waals surface area contributed by atoms with E-state index in [0.29, 0.717) is 6.61 Å². The van der Waals surface area contributed by atoms with Gasteiger partial charge in [-0.25, -0.2) is 4.39 Å². The van der Waals surface area contributed by atoms with Gasteiger partial charge in [0.15, 0.2) is 0 Å². The van der Waals surface area contributed by atoms with Crippen LogP contribution in [-0.2, 0) is 16.1 Å². The van der Waals surface area contributed by atoms with Crippen LogP contribution >= 0.6 is 0 Å². The number of methoxy groups -OCH3 is 1. The number of carbonyl (C=O) groups is 1. The van der Waals surface area contributed by atoms with Gasteiger partial charge in [0.05, 0.1) is 12.5 Å². The minimum atomic E-state index is -0.195. The molecule has 0 radical (unpaired) electrons. The van der Waals surface area contributed by atoms with Crippen molar-refractivity contribution in [2.24, 2.45) is 11.3 Å². The third kappa shape index (κ3) is 3.01. The Morgan fingerprint density at radius 1 is 1.32 bits per heavy atom. The molecule has 3 rings (SSSR count). The number of benzene rings is 1. The van der Waals surface area contributed by atoms with Gasteiger partial charge in [-0.05, 0) is 43.6 Å². The van der Waals surface area contributed by atoms with Crippen LogP contribution in [0.15, 0.2) is 24.3 Å². The molecule has 0 saturated carbocycles. The molecule has 0 bridgehead atoms. The predicted octanol–water partition coefficient (Wildman–Crippen LogP) is 1.80. The van der Waals surface area contributed by atoms with Gasteiger partial charge in [0, 0.05) is 25.6 Å². The monoisotopic (exact) mass is 306 g/mol.